The number of carbonyl (C=O) groups is 1. The first kappa shape index (κ1) is 20.2. The number of carbonyl (C=O) groups excluding carboxylic acids is 1. The summed E-state index contributed by atoms with van der Waals surface area (Å²) in [5.74, 6) is -0.410. The van der Waals surface area contributed by atoms with Gasteiger partial charge in [0.05, 0.1) is 25.7 Å². The van der Waals surface area contributed by atoms with Crippen LogP contribution in [-0.2, 0) is 0 Å². The number of thiazole rings is 1. The van der Waals surface area contributed by atoms with Crippen molar-refractivity contribution in [2.75, 3.05) is 32.1 Å². The second-order valence-corrected chi connectivity index (χ2v) is 8.02. The normalized spacial score (nSPS) is 11.2. The van der Waals surface area contributed by atoms with Crippen LogP contribution in [0.5, 0.6) is 0 Å². The van der Waals surface area contributed by atoms with Crippen LogP contribution in [0.15, 0.2) is 36.4 Å². The summed E-state index contributed by atoms with van der Waals surface area (Å²) in [6, 6.07) is 9.74. The molecule has 0 radical (unpaired) electrons. The van der Waals surface area contributed by atoms with Crippen molar-refractivity contribution in [3.63, 3.8) is 0 Å². The van der Waals surface area contributed by atoms with Crippen molar-refractivity contribution in [1.29, 1.82) is 0 Å². The Labute approximate surface area is 171 Å². The Balaban J connectivity index is 2.06. The van der Waals surface area contributed by atoms with Gasteiger partial charge >= 0.3 is 0 Å². The molecule has 3 aromatic rings. The fourth-order valence-electron chi connectivity index (χ4n) is 2.71. The molecule has 0 saturated heterocycles. The maximum absolute atomic E-state index is 13.3. The standard InChI is InChI=1S/C19H19ClN4O3S/c1-12-5-4-6-16-17(12)21-19(28-16)23(10-9-22(2)3)18(25)14-11-13(24(26)27)7-8-15(14)20/h4-8,11H,9-10H2,1-3H3. The monoisotopic (exact) mass is 418 g/mol. The third kappa shape index (κ3) is 4.14. The Kier molecular flexibility index (Phi) is 5.93. The van der Waals surface area contributed by atoms with Gasteiger partial charge in [-0.2, -0.15) is 0 Å². The lowest BCUT2D eigenvalue weighted by Gasteiger charge is -2.22. The van der Waals surface area contributed by atoms with Gasteiger partial charge in [0.2, 0.25) is 0 Å². The smallest absolute Gasteiger partial charge is 0.270 e. The summed E-state index contributed by atoms with van der Waals surface area (Å²) in [5, 5.41) is 11.8. The first-order chi connectivity index (χ1) is 13.3. The minimum absolute atomic E-state index is 0.0885. The minimum Gasteiger partial charge on any atom is -0.308 e. The van der Waals surface area contributed by atoms with Crippen molar-refractivity contribution in [3.05, 3.63) is 62.7 Å². The Hall–Kier alpha value is -2.55. The number of fused-ring (bicyclic) bond motifs is 1. The summed E-state index contributed by atoms with van der Waals surface area (Å²) in [4.78, 5) is 32.0. The van der Waals surface area contributed by atoms with E-state index < -0.39 is 10.8 Å². The van der Waals surface area contributed by atoms with Crippen LogP contribution in [0.25, 0.3) is 10.2 Å². The van der Waals surface area contributed by atoms with E-state index in [0.29, 0.717) is 18.2 Å². The number of nitro benzene ring substituents is 1. The highest BCUT2D eigenvalue weighted by molar-refractivity contribution is 7.22. The lowest BCUT2D eigenvalue weighted by Crippen LogP contribution is -2.37. The van der Waals surface area contributed by atoms with E-state index in [0.717, 1.165) is 15.8 Å². The van der Waals surface area contributed by atoms with E-state index in [1.54, 1.807) is 0 Å². The third-order valence-corrected chi connectivity index (χ3v) is 5.62. The van der Waals surface area contributed by atoms with Crippen LogP contribution in [-0.4, -0.2) is 47.9 Å². The molecule has 0 bridgehead atoms. The summed E-state index contributed by atoms with van der Waals surface area (Å²) in [6.45, 7) is 2.95. The number of benzene rings is 2. The van der Waals surface area contributed by atoms with Gasteiger partial charge in [-0.05, 0) is 38.7 Å². The number of para-hydroxylation sites is 1. The van der Waals surface area contributed by atoms with Crippen molar-refractivity contribution in [3.8, 4) is 0 Å². The number of nitrogens with zero attached hydrogens (tertiary/aromatic N) is 4. The van der Waals surface area contributed by atoms with Crippen LogP contribution in [0.1, 0.15) is 15.9 Å². The number of amides is 1. The first-order valence-corrected chi connectivity index (χ1v) is 9.74. The van der Waals surface area contributed by atoms with E-state index in [9.17, 15) is 14.9 Å². The first-order valence-electron chi connectivity index (χ1n) is 8.54. The third-order valence-electron chi connectivity index (χ3n) is 4.25. The molecule has 3 rings (SSSR count). The van der Waals surface area contributed by atoms with E-state index in [4.69, 9.17) is 11.6 Å². The Morgan fingerprint density at radius 1 is 1.25 bits per heavy atom. The van der Waals surface area contributed by atoms with Crippen LogP contribution >= 0.6 is 22.9 Å². The maximum atomic E-state index is 13.3. The summed E-state index contributed by atoms with van der Waals surface area (Å²) in [7, 11) is 3.82. The highest BCUT2D eigenvalue weighted by Gasteiger charge is 2.25. The topological polar surface area (TPSA) is 79.6 Å². The number of non-ortho nitro benzene ring substituents is 1. The van der Waals surface area contributed by atoms with Gasteiger partial charge in [-0.1, -0.05) is 35.1 Å². The Morgan fingerprint density at radius 3 is 2.64 bits per heavy atom. The molecule has 0 aliphatic heterocycles. The molecular weight excluding hydrogens is 400 g/mol. The largest absolute Gasteiger partial charge is 0.308 e. The zero-order chi connectivity index (χ0) is 20.4. The highest BCUT2D eigenvalue weighted by Crippen LogP contribution is 2.32. The fraction of sp³-hybridized carbons (Fsp3) is 0.263. The van der Waals surface area contributed by atoms with Crippen molar-refractivity contribution < 1.29 is 9.72 Å². The van der Waals surface area contributed by atoms with E-state index in [1.807, 2.05) is 44.1 Å². The van der Waals surface area contributed by atoms with Gasteiger partial charge in [0.15, 0.2) is 5.13 Å². The quantitative estimate of drug-likeness (QED) is 0.438. The Morgan fingerprint density at radius 2 is 2.00 bits per heavy atom. The molecule has 28 heavy (non-hydrogen) atoms. The molecule has 0 N–H and O–H groups in total. The maximum Gasteiger partial charge on any atom is 0.270 e. The molecule has 0 saturated carbocycles. The van der Waals surface area contributed by atoms with Gasteiger partial charge in [-0.25, -0.2) is 4.98 Å². The van der Waals surface area contributed by atoms with Gasteiger partial charge in [0.1, 0.15) is 0 Å². The molecule has 1 aromatic heterocycles. The molecular formula is C19H19ClN4O3S. The number of rotatable bonds is 6. The summed E-state index contributed by atoms with van der Waals surface area (Å²) in [5.41, 5.74) is 1.77. The van der Waals surface area contributed by atoms with Gasteiger partial charge in [0, 0.05) is 25.2 Å². The fourth-order valence-corrected chi connectivity index (χ4v) is 3.98. The molecule has 0 spiro atoms. The predicted molar refractivity (Wildman–Crippen MR) is 113 cm³/mol. The zero-order valence-corrected chi connectivity index (χ0v) is 17.3. The zero-order valence-electron chi connectivity index (χ0n) is 15.7. The van der Waals surface area contributed by atoms with E-state index in [2.05, 4.69) is 4.98 Å². The average Bonchev–Trinajstić information content (AvgIpc) is 3.07. The molecule has 1 heterocycles. The van der Waals surface area contributed by atoms with E-state index >= 15 is 0 Å². The van der Waals surface area contributed by atoms with Crippen LogP contribution in [0.3, 0.4) is 0 Å². The van der Waals surface area contributed by atoms with Gasteiger partial charge in [-0.15, -0.1) is 0 Å². The second kappa shape index (κ2) is 8.22. The molecule has 9 heteroatoms. The molecule has 146 valence electrons. The SMILES string of the molecule is Cc1cccc2sc(N(CCN(C)C)C(=O)c3cc([N+](=O)[O-])ccc3Cl)nc12. The molecule has 0 atom stereocenters. The molecule has 0 unspecified atom stereocenters. The number of anilines is 1. The summed E-state index contributed by atoms with van der Waals surface area (Å²) in [6.07, 6.45) is 0. The molecule has 0 aliphatic rings. The average molecular weight is 419 g/mol. The van der Waals surface area contributed by atoms with Crippen molar-refractivity contribution in [2.45, 2.75) is 6.92 Å². The second-order valence-electron chi connectivity index (χ2n) is 6.60. The van der Waals surface area contributed by atoms with Crippen molar-refractivity contribution in [1.82, 2.24) is 9.88 Å². The van der Waals surface area contributed by atoms with Gasteiger partial charge < -0.3 is 4.90 Å². The Bertz CT molecular complexity index is 1050. The molecule has 0 aliphatic carbocycles. The number of aromatic nitrogens is 1. The van der Waals surface area contributed by atoms with Crippen LogP contribution < -0.4 is 4.90 Å². The highest BCUT2D eigenvalue weighted by atomic mass is 35.5. The van der Waals surface area contributed by atoms with Gasteiger partial charge in [0.25, 0.3) is 11.6 Å². The molecule has 0 fully saturated rings. The molecule has 7 nitrogen and oxygen atoms in total. The number of likely N-dealkylation sites (N-methyl/N-ethyl adjacent to an activating group) is 1. The number of halogens is 1. The van der Waals surface area contributed by atoms with E-state index in [-0.39, 0.29) is 16.3 Å². The lowest BCUT2D eigenvalue weighted by atomic mass is 10.1. The van der Waals surface area contributed by atoms with Crippen LogP contribution in [0.2, 0.25) is 5.02 Å². The number of hydrogen-bond donors (Lipinski definition) is 0. The summed E-state index contributed by atoms with van der Waals surface area (Å²) >= 11 is 7.61. The van der Waals surface area contributed by atoms with Crippen LogP contribution in [0, 0.1) is 17.0 Å². The van der Waals surface area contributed by atoms with E-state index in [1.165, 1.54) is 34.4 Å². The number of nitro groups is 1. The minimum atomic E-state index is -0.543. The number of hydrogen-bond acceptors (Lipinski definition) is 6. The molecule has 1 amide bonds. The lowest BCUT2D eigenvalue weighted by molar-refractivity contribution is -0.384. The number of aryl methyl sites for hydroxylation is 1. The predicted octanol–water partition coefficient (Wildman–Crippen LogP) is 4.37. The van der Waals surface area contributed by atoms with Gasteiger partial charge in [-0.3, -0.25) is 19.8 Å². The summed E-state index contributed by atoms with van der Waals surface area (Å²) < 4.78 is 0.975. The van der Waals surface area contributed by atoms with Crippen LogP contribution in [0.4, 0.5) is 10.8 Å². The van der Waals surface area contributed by atoms with Crippen molar-refractivity contribution >= 4 is 49.9 Å². The molecule has 2 aromatic carbocycles. The van der Waals surface area contributed by atoms with Crippen molar-refractivity contribution in [2.24, 2.45) is 0 Å².